The zero-order valence-corrected chi connectivity index (χ0v) is 15.3. The van der Waals surface area contributed by atoms with E-state index in [1.165, 1.54) is 16.7 Å². The van der Waals surface area contributed by atoms with E-state index in [4.69, 9.17) is 11.6 Å². The summed E-state index contributed by atoms with van der Waals surface area (Å²) in [6.07, 6.45) is 0. The van der Waals surface area contributed by atoms with Crippen molar-refractivity contribution in [3.05, 3.63) is 58.6 Å². The highest BCUT2D eigenvalue weighted by atomic mass is 35.5. The van der Waals surface area contributed by atoms with Gasteiger partial charge in [0.1, 0.15) is 0 Å². The molecule has 6 nitrogen and oxygen atoms in total. The summed E-state index contributed by atoms with van der Waals surface area (Å²) in [6, 6.07) is 12.7. The van der Waals surface area contributed by atoms with Gasteiger partial charge in [-0.05, 0) is 31.2 Å². The van der Waals surface area contributed by atoms with Crippen LogP contribution in [-0.2, 0) is 9.59 Å². The number of benzene rings is 2. The first-order valence-electron chi connectivity index (χ1n) is 7.83. The van der Waals surface area contributed by atoms with E-state index in [1.807, 2.05) is 25.1 Å². The molecule has 0 bridgehead atoms. The number of carbonyl (C=O) groups excluding carboxylic acids is 2. The largest absolute Gasteiger partial charge is 0.320 e. The lowest BCUT2D eigenvalue weighted by Crippen LogP contribution is -2.29. The minimum Gasteiger partial charge on any atom is -0.320 e. The zero-order valence-electron chi connectivity index (χ0n) is 13.7. The molecule has 1 fully saturated rings. The number of anilines is 2. The van der Waals surface area contributed by atoms with E-state index in [0.717, 1.165) is 5.56 Å². The highest BCUT2D eigenvalue weighted by Gasteiger charge is 2.32. The van der Waals surface area contributed by atoms with Crippen molar-refractivity contribution >= 4 is 57.4 Å². The van der Waals surface area contributed by atoms with Gasteiger partial charge in [-0.2, -0.15) is 0 Å². The molecule has 26 heavy (non-hydrogen) atoms. The first kappa shape index (κ1) is 16.8. The summed E-state index contributed by atoms with van der Waals surface area (Å²) in [5, 5.41) is 11.9. The number of halogens is 1. The molecule has 0 unspecified atom stereocenters. The number of aryl methyl sites for hydroxylation is 1. The summed E-state index contributed by atoms with van der Waals surface area (Å²) in [6.45, 7) is 1.94. The van der Waals surface area contributed by atoms with Crippen LogP contribution in [0.5, 0.6) is 0 Å². The summed E-state index contributed by atoms with van der Waals surface area (Å²) in [5.74, 6) is -0.195. The molecular formula is C18H13ClN4O2S. The summed E-state index contributed by atoms with van der Waals surface area (Å²) in [7, 11) is 0. The van der Waals surface area contributed by atoms with Crippen LogP contribution in [0.15, 0.2) is 52.7 Å². The number of nitrogens with one attached hydrogen (secondary N) is 1. The number of hydrogen-bond acceptors (Lipinski definition) is 5. The van der Waals surface area contributed by atoms with Crippen molar-refractivity contribution in [1.29, 1.82) is 0 Å². The smallest absolute Gasteiger partial charge is 0.276 e. The summed E-state index contributed by atoms with van der Waals surface area (Å²) in [4.78, 5) is 25.9. The van der Waals surface area contributed by atoms with Gasteiger partial charge in [-0.3, -0.25) is 14.5 Å². The molecule has 2 aromatic rings. The molecule has 0 spiro atoms. The molecule has 8 heteroatoms. The molecule has 2 aliphatic rings. The first-order chi connectivity index (χ1) is 12.5. The molecule has 2 aliphatic heterocycles. The van der Waals surface area contributed by atoms with E-state index in [0.29, 0.717) is 27.1 Å². The highest BCUT2D eigenvalue weighted by molar-refractivity contribution is 8.15. The third kappa shape index (κ3) is 2.89. The Bertz CT molecular complexity index is 1000. The zero-order chi connectivity index (χ0) is 18.3. The lowest BCUT2D eigenvalue weighted by atomic mass is 10.1. The van der Waals surface area contributed by atoms with Crippen LogP contribution in [-0.4, -0.2) is 28.4 Å². The lowest BCUT2D eigenvalue weighted by Gasteiger charge is -2.16. The van der Waals surface area contributed by atoms with Crippen molar-refractivity contribution < 1.29 is 9.59 Å². The number of rotatable bonds is 2. The van der Waals surface area contributed by atoms with Crippen LogP contribution in [0, 0.1) is 6.92 Å². The fraction of sp³-hybridized carbons (Fsp3) is 0.111. The van der Waals surface area contributed by atoms with Crippen LogP contribution < -0.4 is 10.2 Å². The molecular weight excluding hydrogens is 372 g/mol. The third-order valence-electron chi connectivity index (χ3n) is 3.99. The Hall–Kier alpha value is -2.64. The second-order valence-corrected chi connectivity index (χ2v) is 7.15. The molecule has 0 aromatic heterocycles. The van der Waals surface area contributed by atoms with Gasteiger partial charge in [0.15, 0.2) is 10.9 Å². The Balaban J connectivity index is 1.74. The van der Waals surface area contributed by atoms with Crippen LogP contribution in [0.3, 0.4) is 0 Å². The molecule has 0 saturated carbocycles. The third-order valence-corrected chi connectivity index (χ3v) is 5.22. The summed E-state index contributed by atoms with van der Waals surface area (Å²) < 4.78 is 0. The predicted octanol–water partition coefficient (Wildman–Crippen LogP) is 3.44. The van der Waals surface area contributed by atoms with Crippen molar-refractivity contribution in [1.82, 2.24) is 0 Å². The fourth-order valence-corrected chi connectivity index (χ4v) is 3.79. The van der Waals surface area contributed by atoms with Crippen molar-refractivity contribution in [2.45, 2.75) is 6.92 Å². The van der Waals surface area contributed by atoms with E-state index < -0.39 is 0 Å². The number of hydrogen-bond donors (Lipinski definition) is 1. The van der Waals surface area contributed by atoms with Gasteiger partial charge in [0.25, 0.3) is 5.91 Å². The molecule has 0 aliphatic carbocycles. The van der Waals surface area contributed by atoms with E-state index in [-0.39, 0.29) is 23.3 Å². The standard InChI is InChI=1S/C18H13ClN4O2S/c1-10-6-7-13-11(8-10)16(17(25)20-13)21-22-18-23(15(24)9-26-18)14-5-3-2-4-12(14)19/h2-8H,9H2,1H3,(H,20,21,25). The number of thioether (sulfide) groups is 1. The SMILES string of the molecule is Cc1ccc2c(c1)C(=NN=C1SCC(=O)N1c1ccccc1Cl)C(=O)N2. The fourth-order valence-electron chi connectivity index (χ4n) is 2.77. The molecule has 1 saturated heterocycles. The molecule has 130 valence electrons. The number of amidine groups is 1. The number of nitrogens with zero attached hydrogens (tertiary/aromatic N) is 3. The molecule has 2 amide bonds. The van der Waals surface area contributed by atoms with Gasteiger partial charge in [0, 0.05) is 5.56 Å². The van der Waals surface area contributed by atoms with Crippen molar-refractivity contribution in [3.8, 4) is 0 Å². The average Bonchev–Trinajstić information content (AvgIpc) is 3.13. The van der Waals surface area contributed by atoms with Gasteiger partial charge < -0.3 is 5.32 Å². The molecule has 0 atom stereocenters. The van der Waals surface area contributed by atoms with Gasteiger partial charge in [0.05, 0.1) is 22.2 Å². The highest BCUT2D eigenvalue weighted by Crippen LogP contribution is 2.32. The van der Waals surface area contributed by atoms with Crippen LogP contribution in [0.25, 0.3) is 0 Å². The van der Waals surface area contributed by atoms with Crippen LogP contribution >= 0.6 is 23.4 Å². The van der Waals surface area contributed by atoms with Crippen LogP contribution in [0.1, 0.15) is 11.1 Å². The number of fused-ring (bicyclic) bond motifs is 1. The topological polar surface area (TPSA) is 74.1 Å². The van der Waals surface area contributed by atoms with E-state index in [9.17, 15) is 9.59 Å². The molecule has 4 rings (SSSR count). The summed E-state index contributed by atoms with van der Waals surface area (Å²) >= 11 is 7.47. The Labute approximate surface area is 158 Å². The quantitative estimate of drug-likeness (QED) is 0.806. The van der Waals surface area contributed by atoms with Gasteiger partial charge in [-0.25, -0.2) is 0 Å². The Kier molecular flexibility index (Phi) is 4.26. The van der Waals surface area contributed by atoms with Crippen LogP contribution in [0.4, 0.5) is 11.4 Å². The Morgan fingerprint density at radius 2 is 1.96 bits per heavy atom. The van der Waals surface area contributed by atoms with E-state index in [2.05, 4.69) is 15.5 Å². The molecule has 2 aromatic carbocycles. The first-order valence-corrected chi connectivity index (χ1v) is 9.19. The van der Waals surface area contributed by atoms with Gasteiger partial charge >= 0.3 is 0 Å². The van der Waals surface area contributed by atoms with Crippen molar-refractivity contribution in [3.63, 3.8) is 0 Å². The maximum absolute atomic E-state index is 12.3. The monoisotopic (exact) mass is 384 g/mol. The Morgan fingerprint density at radius 1 is 1.15 bits per heavy atom. The van der Waals surface area contributed by atoms with E-state index >= 15 is 0 Å². The average molecular weight is 385 g/mol. The molecule has 2 heterocycles. The number of para-hydroxylation sites is 1. The summed E-state index contributed by atoms with van der Waals surface area (Å²) in [5.41, 5.74) is 3.21. The minimum absolute atomic E-state index is 0.130. The van der Waals surface area contributed by atoms with E-state index in [1.54, 1.807) is 24.3 Å². The second kappa shape index (κ2) is 6.59. The number of amides is 2. The normalized spacial score (nSPS) is 19.4. The maximum atomic E-state index is 12.3. The Morgan fingerprint density at radius 3 is 2.77 bits per heavy atom. The van der Waals surface area contributed by atoms with Crippen molar-refractivity contribution in [2.24, 2.45) is 10.2 Å². The minimum atomic E-state index is -0.312. The van der Waals surface area contributed by atoms with Crippen molar-refractivity contribution in [2.75, 3.05) is 16.0 Å². The van der Waals surface area contributed by atoms with Gasteiger partial charge in [-0.1, -0.05) is 47.1 Å². The molecule has 1 N–H and O–H groups in total. The van der Waals surface area contributed by atoms with Gasteiger partial charge in [-0.15, -0.1) is 10.2 Å². The number of carbonyl (C=O) groups is 2. The predicted molar refractivity (Wildman–Crippen MR) is 105 cm³/mol. The van der Waals surface area contributed by atoms with Crippen LogP contribution in [0.2, 0.25) is 5.02 Å². The second-order valence-electron chi connectivity index (χ2n) is 5.80. The maximum Gasteiger partial charge on any atom is 0.276 e. The molecule has 0 radical (unpaired) electrons. The van der Waals surface area contributed by atoms with Gasteiger partial charge in [0.2, 0.25) is 5.91 Å². The lowest BCUT2D eigenvalue weighted by molar-refractivity contribution is -0.115.